The maximum absolute atomic E-state index is 5.45. The highest BCUT2D eigenvalue weighted by atomic mass is 79.9. The Hall–Kier alpha value is -1.75. The average molecular weight is 307 g/mol. The van der Waals surface area contributed by atoms with Crippen LogP contribution in [0, 0.1) is 0 Å². The minimum absolute atomic E-state index is 0.295. The van der Waals surface area contributed by atoms with E-state index in [1.54, 1.807) is 6.20 Å². The van der Waals surface area contributed by atoms with Crippen molar-refractivity contribution in [1.82, 2.24) is 4.98 Å². The van der Waals surface area contributed by atoms with Crippen molar-refractivity contribution in [2.45, 2.75) is 6.54 Å². The van der Waals surface area contributed by atoms with Gasteiger partial charge >= 0.3 is 0 Å². The number of benzene rings is 1. The van der Waals surface area contributed by atoms with Gasteiger partial charge < -0.3 is 14.8 Å². The highest BCUT2D eigenvalue weighted by molar-refractivity contribution is 9.10. The molecule has 0 saturated heterocycles. The molecule has 5 heteroatoms. The fraction of sp³-hybridized carbons (Fsp3) is 0.154. The van der Waals surface area contributed by atoms with Gasteiger partial charge in [0.1, 0.15) is 5.82 Å². The first kappa shape index (κ1) is 11.3. The van der Waals surface area contributed by atoms with Crippen molar-refractivity contribution in [3.8, 4) is 11.5 Å². The summed E-state index contributed by atoms with van der Waals surface area (Å²) in [6.07, 6.45) is 1.76. The Morgan fingerprint density at radius 3 is 3.00 bits per heavy atom. The lowest BCUT2D eigenvalue weighted by atomic mass is 10.2. The monoisotopic (exact) mass is 306 g/mol. The first-order valence-corrected chi connectivity index (χ1v) is 6.35. The number of nitrogens with one attached hydrogen (secondary N) is 1. The number of ether oxygens (including phenoxy) is 2. The molecule has 2 heterocycles. The lowest BCUT2D eigenvalue weighted by Crippen LogP contribution is -2.02. The third-order valence-electron chi connectivity index (χ3n) is 2.67. The van der Waals surface area contributed by atoms with E-state index in [0.29, 0.717) is 13.3 Å². The Morgan fingerprint density at radius 1 is 1.22 bits per heavy atom. The molecular weight excluding hydrogens is 296 g/mol. The highest BCUT2D eigenvalue weighted by Gasteiger charge is 2.16. The van der Waals surface area contributed by atoms with E-state index in [2.05, 4.69) is 26.2 Å². The number of fused-ring (bicyclic) bond motifs is 1. The zero-order chi connectivity index (χ0) is 12.4. The smallest absolute Gasteiger partial charge is 0.231 e. The van der Waals surface area contributed by atoms with Gasteiger partial charge in [0, 0.05) is 22.8 Å². The molecule has 0 bridgehead atoms. The lowest BCUT2D eigenvalue weighted by molar-refractivity contribution is 0.173. The molecule has 92 valence electrons. The van der Waals surface area contributed by atoms with Crippen molar-refractivity contribution in [2.75, 3.05) is 12.1 Å². The molecule has 2 aromatic rings. The number of aromatic nitrogens is 1. The maximum Gasteiger partial charge on any atom is 0.231 e. The normalized spacial score (nSPS) is 12.5. The van der Waals surface area contributed by atoms with Crippen LogP contribution in [0.2, 0.25) is 0 Å². The third-order valence-corrected chi connectivity index (χ3v) is 3.13. The molecule has 0 saturated carbocycles. The Labute approximate surface area is 113 Å². The number of hydrogen-bond acceptors (Lipinski definition) is 4. The van der Waals surface area contributed by atoms with Gasteiger partial charge in [0.2, 0.25) is 6.79 Å². The minimum atomic E-state index is 0.295. The van der Waals surface area contributed by atoms with E-state index in [-0.39, 0.29) is 0 Å². The van der Waals surface area contributed by atoms with Gasteiger partial charge in [0.05, 0.1) is 0 Å². The topological polar surface area (TPSA) is 43.4 Å². The van der Waals surface area contributed by atoms with Crippen molar-refractivity contribution in [2.24, 2.45) is 0 Å². The van der Waals surface area contributed by atoms with Gasteiger partial charge in [-0.25, -0.2) is 4.98 Å². The van der Waals surface area contributed by atoms with Crippen LogP contribution in [0.4, 0.5) is 5.82 Å². The Bertz CT molecular complexity index is 557. The van der Waals surface area contributed by atoms with Crippen molar-refractivity contribution in [3.05, 3.63) is 46.6 Å². The predicted octanol–water partition coefficient (Wildman–Crippen LogP) is 3.18. The van der Waals surface area contributed by atoms with Crippen LogP contribution in [0.25, 0.3) is 0 Å². The molecule has 0 spiro atoms. The van der Waals surface area contributed by atoms with Crippen molar-refractivity contribution in [3.63, 3.8) is 0 Å². The fourth-order valence-electron chi connectivity index (χ4n) is 1.80. The van der Waals surface area contributed by atoms with Gasteiger partial charge in [-0.3, -0.25) is 0 Å². The van der Waals surface area contributed by atoms with E-state index in [4.69, 9.17) is 9.47 Å². The van der Waals surface area contributed by atoms with Gasteiger partial charge in [0.25, 0.3) is 0 Å². The molecular formula is C13H11BrN2O2. The van der Waals surface area contributed by atoms with E-state index >= 15 is 0 Å². The molecule has 0 aliphatic carbocycles. The van der Waals surface area contributed by atoms with Gasteiger partial charge in [-0.15, -0.1) is 0 Å². The maximum atomic E-state index is 5.45. The summed E-state index contributed by atoms with van der Waals surface area (Å²) in [5, 5.41) is 3.25. The number of rotatable bonds is 3. The molecule has 0 fully saturated rings. The van der Waals surface area contributed by atoms with Gasteiger partial charge in [-0.2, -0.15) is 0 Å². The predicted molar refractivity (Wildman–Crippen MR) is 71.8 cm³/mol. The van der Waals surface area contributed by atoms with E-state index < -0.39 is 0 Å². The number of pyridine rings is 1. The molecule has 4 nitrogen and oxygen atoms in total. The summed E-state index contributed by atoms with van der Waals surface area (Å²) in [6, 6.07) is 9.75. The molecule has 18 heavy (non-hydrogen) atoms. The van der Waals surface area contributed by atoms with E-state index in [0.717, 1.165) is 27.4 Å². The molecule has 3 rings (SSSR count). The fourth-order valence-corrected chi connectivity index (χ4v) is 2.03. The van der Waals surface area contributed by atoms with Crippen LogP contribution >= 0.6 is 15.9 Å². The number of hydrogen-bond donors (Lipinski definition) is 1. The zero-order valence-electron chi connectivity index (χ0n) is 9.52. The van der Waals surface area contributed by atoms with E-state index in [1.165, 1.54) is 0 Å². The molecule has 1 aromatic heterocycles. The standard InChI is InChI=1S/C13H11BrN2O2/c14-10-4-5-12(16-7-10)15-6-9-2-1-3-11-13(9)18-8-17-11/h1-5,7H,6,8H2,(H,15,16). The summed E-state index contributed by atoms with van der Waals surface area (Å²) in [6.45, 7) is 0.948. The van der Waals surface area contributed by atoms with Crippen molar-refractivity contribution >= 4 is 21.7 Å². The van der Waals surface area contributed by atoms with Gasteiger partial charge in [-0.1, -0.05) is 12.1 Å². The van der Waals surface area contributed by atoms with Crippen LogP contribution in [0.3, 0.4) is 0 Å². The average Bonchev–Trinajstić information content (AvgIpc) is 2.87. The molecule has 1 aliphatic heterocycles. The Kier molecular flexibility index (Phi) is 3.06. The molecule has 0 radical (unpaired) electrons. The first-order chi connectivity index (χ1) is 8.83. The molecule has 1 aromatic carbocycles. The second kappa shape index (κ2) is 4.86. The summed E-state index contributed by atoms with van der Waals surface area (Å²) in [4.78, 5) is 4.26. The summed E-state index contributed by atoms with van der Waals surface area (Å²) >= 11 is 3.36. The molecule has 1 aliphatic rings. The van der Waals surface area contributed by atoms with Gasteiger partial charge in [-0.05, 0) is 34.1 Å². The van der Waals surface area contributed by atoms with E-state index in [9.17, 15) is 0 Å². The van der Waals surface area contributed by atoms with Crippen LogP contribution in [-0.4, -0.2) is 11.8 Å². The largest absolute Gasteiger partial charge is 0.454 e. The minimum Gasteiger partial charge on any atom is -0.454 e. The zero-order valence-corrected chi connectivity index (χ0v) is 11.1. The van der Waals surface area contributed by atoms with Crippen LogP contribution in [0.1, 0.15) is 5.56 Å². The summed E-state index contributed by atoms with van der Waals surface area (Å²) in [5.74, 6) is 2.45. The molecule has 1 N–H and O–H groups in total. The highest BCUT2D eigenvalue weighted by Crippen LogP contribution is 2.35. The molecule has 0 atom stereocenters. The summed E-state index contributed by atoms with van der Waals surface area (Å²) in [7, 11) is 0. The number of halogens is 1. The number of nitrogens with zero attached hydrogens (tertiary/aromatic N) is 1. The SMILES string of the molecule is Brc1ccc(NCc2cccc3c2OCO3)nc1. The van der Waals surface area contributed by atoms with Crippen molar-refractivity contribution in [1.29, 1.82) is 0 Å². The second-order valence-corrected chi connectivity index (χ2v) is 4.78. The Balaban J connectivity index is 1.74. The van der Waals surface area contributed by atoms with Crippen LogP contribution in [0.15, 0.2) is 41.0 Å². The lowest BCUT2D eigenvalue weighted by Gasteiger charge is -2.08. The summed E-state index contributed by atoms with van der Waals surface area (Å²) in [5.41, 5.74) is 1.06. The van der Waals surface area contributed by atoms with Gasteiger partial charge in [0.15, 0.2) is 11.5 Å². The molecule has 0 amide bonds. The number of anilines is 1. The van der Waals surface area contributed by atoms with Crippen LogP contribution in [-0.2, 0) is 6.54 Å². The number of para-hydroxylation sites is 1. The third kappa shape index (κ3) is 2.26. The first-order valence-electron chi connectivity index (χ1n) is 5.56. The Morgan fingerprint density at radius 2 is 2.17 bits per heavy atom. The van der Waals surface area contributed by atoms with Crippen LogP contribution < -0.4 is 14.8 Å². The van der Waals surface area contributed by atoms with E-state index in [1.807, 2.05) is 30.3 Å². The summed E-state index contributed by atoms with van der Waals surface area (Å²) < 4.78 is 11.7. The van der Waals surface area contributed by atoms with Crippen LogP contribution in [0.5, 0.6) is 11.5 Å². The second-order valence-electron chi connectivity index (χ2n) is 3.87. The quantitative estimate of drug-likeness (QED) is 0.946. The van der Waals surface area contributed by atoms with Crippen molar-refractivity contribution < 1.29 is 9.47 Å². The molecule has 0 unspecified atom stereocenters.